The fourth-order valence-corrected chi connectivity index (χ4v) is 1.01. The molecule has 0 heterocycles. The smallest absolute Gasteiger partial charge is 0.245 e. The van der Waals surface area contributed by atoms with Crippen LogP contribution < -0.4 is 11.1 Å². The fraction of sp³-hybridized carbons (Fsp3) is 0.800. The van der Waals surface area contributed by atoms with Gasteiger partial charge < -0.3 is 15.8 Å². The van der Waals surface area contributed by atoms with Crippen LogP contribution in [0.4, 0.5) is 0 Å². The van der Waals surface area contributed by atoms with Gasteiger partial charge in [0.15, 0.2) is 0 Å². The van der Waals surface area contributed by atoms with Crippen molar-refractivity contribution in [1.29, 1.82) is 0 Å². The van der Waals surface area contributed by atoms with Gasteiger partial charge in [0.1, 0.15) is 6.61 Å². The van der Waals surface area contributed by atoms with Crippen LogP contribution in [-0.2, 0) is 14.3 Å². The van der Waals surface area contributed by atoms with Crippen molar-refractivity contribution in [3.63, 3.8) is 0 Å². The predicted molar refractivity (Wildman–Crippen MR) is 57.2 cm³/mol. The van der Waals surface area contributed by atoms with E-state index in [1.807, 2.05) is 6.92 Å². The first kappa shape index (κ1) is 13.9. The predicted octanol–water partition coefficient (Wildman–Crippen LogP) is 0.185. The molecular formula is C10H20N2O3. The van der Waals surface area contributed by atoms with Crippen LogP contribution in [0.5, 0.6) is 0 Å². The zero-order valence-electron chi connectivity index (χ0n) is 9.25. The summed E-state index contributed by atoms with van der Waals surface area (Å²) in [7, 11) is 0. The normalized spacial score (nSPS) is 9.93. The number of primary amides is 1. The van der Waals surface area contributed by atoms with Gasteiger partial charge in [0.25, 0.3) is 0 Å². The van der Waals surface area contributed by atoms with Crippen LogP contribution in [0, 0.1) is 0 Å². The Balaban J connectivity index is 3.20. The van der Waals surface area contributed by atoms with Crippen LogP contribution in [0.25, 0.3) is 0 Å². The highest BCUT2D eigenvalue weighted by Crippen LogP contribution is 1.92. The summed E-state index contributed by atoms with van der Waals surface area (Å²) in [6.45, 7) is 3.28. The Morgan fingerprint density at radius 3 is 2.67 bits per heavy atom. The molecule has 0 aromatic carbocycles. The van der Waals surface area contributed by atoms with Gasteiger partial charge in [-0.2, -0.15) is 0 Å². The number of carbonyl (C=O) groups excluding carboxylic acids is 2. The minimum atomic E-state index is -0.299. The maximum Gasteiger partial charge on any atom is 0.245 e. The van der Waals surface area contributed by atoms with Crippen LogP contribution in [0.15, 0.2) is 0 Å². The Kier molecular flexibility index (Phi) is 8.76. The van der Waals surface area contributed by atoms with Crippen LogP contribution in [0.1, 0.15) is 32.6 Å². The molecule has 5 heteroatoms. The average molecular weight is 216 g/mol. The Morgan fingerprint density at radius 2 is 2.07 bits per heavy atom. The Hall–Kier alpha value is -1.10. The second-order valence-electron chi connectivity index (χ2n) is 3.33. The average Bonchev–Trinajstić information content (AvgIpc) is 2.17. The molecule has 0 fully saturated rings. The van der Waals surface area contributed by atoms with Gasteiger partial charge in [-0.25, -0.2) is 0 Å². The molecule has 0 aromatic heterocycles. The summed E-state index contributed by atoms with van der Waals surface area (Å²) in [5.74, 6) is -0.407. The summed E-state index contributed by atoms with van der Waals surface area (Å²) in [4.78, 5) is 21.5. The van der Waals surface area contributed by atoms with Gasteiger partial charge in [0.05, 0.1) is 0 Å². The third-order valence-electron chi connectivity index (χ3n) is 1.75. The minimum Gasteiger partial charge on any atom is -0.372 e. The van der Waals surface area contributed by atoms with Gasteiger partial charge >= 0.3 is 0 Å². The maximum absolute atomic E-state index is 11.1. The SMILES string of the molecule is CCCOCC(=O)NCCCCC(N)=O. The molecule has 0 atom stereocenters. The first-order valence-electron chi connectivity index (χ1n) is 5.29. The molecule has 15 heavy (non-hydrogen) atoms. The lowest BCUT2D eigenvalue weighted by Crippen LogP contribution is -2.28. The molecule has 0 unspecified atom stereocenters. The van der Waals surface area contributed by atoms with E-state index in [9.17, 15) is 9.59 Å². The van der Waals surface area contributed by atoms with Crippen molar-refractivity contribution in [2.75, 3.05) is 19.8 Å². The third kappa shape index (κ3) is 10.8. The summed E-state index contributed by atoms with van der Waals surface area (Å²) in [5, 5.41) is 2.70. The van der Waals surface area contributed by atoms with Gasteiger partial charge in [-0.15, -0.1) is 0 Å². The van der Waals surface area contributed by atoms with E-state index in [0.29, 0.717) is 26.0 Å². The lowest BCUT2D eigenvalue weighted by atomic mass is 10.2. The van der Waals surface area contributed by atoms with Gasteiger partial charge in [-0.05, 0) is 19.3 Å². The number of nitrogens with one attached hydrogen (secondary N) is 1. The van der Waals surface area contributed by atoms with Crippen LogP contribution in [0.3, 0.4) is 0 Å². The monoisotopic (exact) mass is 216 g/mol. The van der Waals surface area contributed by atoms with E-state index in [4.69, 9.17) is 10.5 Å². The molecule has 0 radical (unpaired) electrons. The molecule has 0 aromatic rings. The van der Waals surface area contributed by atoms with Gasteiger partial charge in [0, 0.05) is 19.6 Å². The lowest BCUT2D eigenvalue weighted by molar-refractivity contribution is -0.125. The molecule has 2 amide bonds. The quantitative estimate of drug-likeness (QED) is 0.540. The summed E-state index contributed by atoms with van der Waals surface area (Å²) in [6.07, 6.45) is 2.77. The third-order valence-corrected chi connectivity index (χ3v) is 1.75. The van der Waals surface area contributed by atoms with Crippen molar-refractivity contribution in [2.24, 2.45) is 5.73 Å². The summed E-state index contributed by atoms with van der Waals surface area (Å²) in [6, 6.07) is 0. The zero-order chi connectivity index (χ0) is 11.5. The largest absolute Gasteiger partial charge is 0.372 e. The maximum atomic E-state index is 11.1. The number of rotatable bonds is 9. The Bertz CT molecular complexity index is 195. The van der Waals surface area contributed by atoms with Crippen molar-refractivity contribution < 1.29 is 14.3 Å². The number of carbonyl (C=O) groups is 2. The van der Waals surface area contributed by atoms with E-state index in [1.165, 1.54) is 0 Å². The van der Waals surface area contributed by atoms with Crippen molar-refractivity contribution in [1.82, 2.24) is 5.32 Å². The molecule has 0 bridgehead atoms. The van der Waals surface area contributed by atoms with Gasteiger partial charge in [0.2, 0.25) is 11.8 Å². The molecule has 5 nitrogen and oxygen atoms in total. The van der Waals surface area contributed by atoms with E-state index < -0.39 is 0 Å². The first-order valence-corrected chi connectivity index (χ1v) is 5.29. The van der Waals surface area contributed by atoms with Crippen molar-refractivity contribution in [3.8, 4) is 0 Å². The molecule has 0 spiro atoms. The van der Waals surface area contributed by atoms with E-state index in [-0.39, 0.29) is 18.4 Å². The number of hydrogen-bond donors (Lipinski definition) is 2. The van der Waals surface area contributed by atoms with E-state index >= 15 is 0 Å². The molecule has 0 aliphatic heterocycles. The molecule has 0 saturated carbocycles. The Morgan fingerprint density at radius 1 is 1.33 bits per heavy atom. The molecule has 0 rings (SSSR count). The highest BCUT2D eigenvalue weighted by Gasteiger charge is 2.00. The number of amides is 2. The van der Waals surface area contributed by atoms with E-state index in [0.717, 1.165) is 12.8 Å². The number of nitrogens with two attached hydrogens (primary N) is 1. The van der Waals surface area contributed by atoms with Crippen LogP contribution >= 0.6 is 0 Å². The molecule has 88 valence electrons. The fourth-order valence-electron chi connectivity index (χ4n) is 1.01. The lowest BCUT2D eigenvalue weighted by Gasteiger charge is -2.04. The van der Waals surface area contributed by atoms with Crippen molar-refractivity contribution in [2.45, 2.75) is 32.6 Å². The van der Waals surface area contributed by atoms with Crippen LogP contribution in [0.2, 0.25) is 0 Å². The van der Waals surface area contributed by atoms with E-state index in [2.05, 4.69) is 5.32 Å². The first-order chi connectivity index (χ1) is 7.16. The molecule has 3 N–H and O–H groups in total. The molecule has 0 aliphatic carbocycles. The standard InChI is InChI=1S/C10H20N2O3/c1-2-7-15-8-10(14)12-6-4-3-5-9(11)13/h2-8H2,1H3,(H2,11,13)(H,12,14). The highest BCUT2D eigenvalue weighted by atomic mass is 16.5. The molecule has 0 saturated heterocycles. The van der Waals surface area contributed by atoms with Gasteiger partial charge in [-0.3, -0.25) is 9.59 Å². The van der Waals surface area contributed by atoms with Crippen LogP contribution in [-0.4, -0.2) is 31.6 Å². The van der Waals surface area contributed by atoms with Crippen molar-refractivity contribution >= 4 is 11.8 Å². The highest BCUT2D eigenvalue weighted by molar-refractivity contribution is 5.77. The topological polar surface area (TPSA) is 81.4 Å². The number of unbranched alkanes of at least 4 members (excludes halogenated alkanes) is 1. The molecular weight excluding hydrogens is 196 g/mol. The van der Waals surface area contributed by atoms with E-state index in [1.54, 1.807) is 0 Å². The second-order valence-corrected chi connectivity index (χ2v) is 3.33. The summed E-state index contributed by atoms with van der Waals surface area (Å²) < 4.78 is 5.05. The zero-order valence-corrected chi connectivity index (χ0v) is 9.25. The second kappa shape index (κ2) is 9.45. The van der Waals surface area contributed by atoms with Crippen molar-refractivity contribution in [3.05, 3.63) is 0 Å². The Labute approximate surface area is 90.4 Å². The van der Waals surface area contributed by atoms with Gasteiger partial charge in [-0.1, -0.05) is 6.92 Å². The summed E-state index contributed by atoms with van der Waals surface area (Å²) in [5.41, 5.74) is 4.97. The number of ether oxygens (including phenoxy) is 1. The summed E-state index contributed by atoms with van der Waals surface area (Å²) >= 11 is 0. The number of hydrogen-bond acceptors (Lipinski definition) is 3. The minimum absolute atomic E-state index is 0.109. The molecule has 0 aliphatic rings.